The molecule has 0 radical (unpaired) electrons. The van der Waals surface area contributed by atoms with Crippen molar-refractivity contribution in [1.29, 1.82) is 0 Å². The van der Waals surface area contributed by atoms with E-state index in [0.29, 0.717) is 18.8 Å². The summed E-state index contributed by atoms with van der Waals surface area (Å²) in [7, 11) is 0. The molecule has 1 aromatic rings. The van der Waals surface area contributed by atoms with Crippen LogP contribution >= 0.6 is 11.6 Å². The Morgan fingerprint density at radius 3 is 2.74 bits per heavy atom. The fraction of sp³-hybridized carbons (Fsp3) is 0.562. The number of nitrogens with zero attached hydrogens (tertiary/aromatic N) is 1. The van der Waals surface area contributed by atoms with Crippen molar-refractivity contribution in [3.8, 4) is 0 Å². The maximum Gasteiger partial charge on any atom is 0.222 e. The van der Waals surface area contributed by atoms with Crippen LogP contribution in [0.5, 0.6) is 0 Å². The molecule has 1 amide bonds. The molecule has 0 unspecified atom stereocenters. The van der Waals surface area contributed by atoms with Crippen molar-refractivity contribution in [2.45, 2.75) is 39.5 Å². The van der Waals surface area contributed by atoms with Gasteiger partial charge in [-0.2, -0.15) is 0 Å². The second-order valence-corrected chi connectivity index (χ2v) is 5.29. The smallest absolute Gasteiger partial charge is 0.222 e. The molecule has 106 valence electrons. The molecule has 0 heterocycles. The lowest BCUT2D eigenvalue weighted by Gasteiger charge is -2.21. The van der Waals surface area contributed by atoms with Gasteiger partial charge >= 0.3 is 0 Å². The van der Waals surface area contributed by atoms with Gasteiger partial charge in [0.15, 0.2) is 0 Å². The van der Waals surface area contributed by atoms with Gasteiger partial charge in [-0.3, -0.25) is 4.79 Å². The molecule has 2 nitrogen and oxygen atoms in total. The third kappa shape index (κ3) is 6.11. The van der Waals surface area contributed by atoms with Crippen LogP contribution in [-0.4, -0.2) is 29.8 Å². The monoisotopic (exact) mass is 281 g/mol. The predicted molar refractivity (Wildman–Crippen MR) is 81.7 cm³/mol. The van der Waals surface area contributed by atoms with Gasteiger partial charge in [-0.15, -0.1) is 11.6 Å². The summed E-state index contributed by atoms with van der Waals surface area (Å²) in [5.74, 6) is 0.732. The molecule has 0 saturated heterocycles. The molecule has 1 aromatic carbocycles. The number of unbranched alkanes of at least 4 members (excludes halogenated alkanes) is 1. The average Bonchev–Trinajstić information content (AvgIpc) is 2.41. The zero-order valence-corrected chi connectivity index (χ0v) is 12.7. The summed E-state index contributed by atoms with van der Waals surface area (Å²) < 4.78 is 0. The van der Waals surface area contributed by atoms with E-state index in [1.165, 1.54) is 11.1 Å². The van der Waals surface area contributed by atoms with E-state index in [9.17, 15) is 4.79 Å². The minimum absolute atomic E-state index is 0.218. The number of amides is 1. The number of hydrogen-bond donors (Lipinski definition) is 0. The van der Waals surface area contributed by atoms with Crippen LogP contribution in [0.1, 0.15) is 37.3 Å². The van der Waals surface area contributed by atoms with Crippen molar-refractivity contribution >= 4 is 17.5 Å². The Balaban J connectivity index is 2.47. The minimum atomic E-state index is 0.218. The van der Waals surface area contributed by atoms with Crippen LogP contribution in [0.3, 0.4) is 0 Å². The zero-order valence-electron chi connectivity index (χ0n) is 12.0. The predicted octanol–water partition coefficient (Wildman–Crippen LogP) is 3.80. The van der Waals surface area contributed by atoms with Crippen molar-refractivity contribution in [3.63, 3.8) is 0 Å². The van der Waals surface area contributed by atoms with E-state index in [0.717, 1.165) is 25.8 Å². The maximum atomic E-state index is 12.2. The van der Waals surface area contributed by atoms with E-state index in [-0.39, 0.29) is 5.91 Å². The molecular formula is C16H24ClNO. The molecule has 0 fully saturated rings. The summed E-state index contributed by atoms with van der Waals surface area (Å²) in [6.07, 6.45) is 3.53. The summed E-state index contributed by atoms with van der Waals surface area (Å²) >= 11 is 5.76. The molecule has 19 heavy (non-hydrogen) atoms. The van der Waals surface area contributed by atoms with Crippen molar-refractivity contribution in [3.05, 3.63) is 35.4 Å². The van der Waals surface area contributed by atoms with E-state index >= 15 is 0 Å². The second-order valence-electron chi connectivity index (χ2n) is 4.91. The molecule has 0 aliphatic heterocycles. The van der Waals surface area contributed by atoms with Crippen LogP contribution in [0.4, 0.5) is 0 Å². The van der Waals surface area contributed by atoms with Crippen molar-refractivity contribution in [2.75, 3.05) is 19.0 Å². The van der Waals surface area contributed by atoms with Crippen molar-refractivity contribution in [1.82, 2.24) is 4.90 Å². The Kier molecular flexibility index (Phi) is 7.57. The van der Waals surface area contributed by atoms with E-state index in [1.54, 1.807) is 0 Å². The van der Waals surface area contributed by atoms with Crippen LogP contribution in [0.2, 0.25) is 0 Å². The summed E-state index contributed by atoms with van der Waals surface area (Å²) in [5, 5.41) is 0. The first-order valence-corrected chi connectivity index (χ1v) is 7.60. The number of halogens is 1. The van der Waals surface area contributed by atoms with Crippen LogP contribution < -0.4 is 0 Å². The van der Waals surface area contributed by atoms with E-state index in [4.69, 9.17) is 11.6 Å². The molecule has 0 aliphatic carbocycles. The van der Waals surface area contributed by atoms with Crippen LogP contribution in [0, 0.1) is 6.92 Å². The highest BCUT2D eigenvalue weighted by molar-refractivity contribution is 6.18. The Morgan fingerprint density at radius 1 is 1.32 bits per heavy atom. The molecule has 0 spiro atoms. The second kappa shape index (κ2) is 8.98. The molecule has 0 aliphatic rings. The van der Waals surface area contributed by atoms with Gasteiger partial charge in [0.1, 0.15) is 0 Å². The van der Waals surface area contributed by atoms with Gasteiger partial charge in [0.05, 0.1) is 0 Å². The van der Waals surface area contributed by atoms with Gasteiger partial charge in [0.25, 0.3) is 0 Å². The molecule has 3 heteroatoms. The lowest BCUT2D eigenvalue weighted by atomic mass is 10.1. The molecule has 0 saturated carbocycles. The number of carbonyl (C=O) groups is 1. The first-order valence-electron chi connectivity index (χ1n) is 7.06. The fourth-order valence-corrected chi connectivity index (χ4v) is 2.29. The number of hydrogen-bond acceptors (Lipinski definition) is 1. The lowest BCUT2D eigenvalue weighted by Crippen LogP contribution is -2.33. The average molecular weight is 282 g/mol. The lowest BCUT2D eigenvalue weighted by molar-refractivity contribution is -0.131. The quantitative estimate of drug-likeness (QED) is 0.664. The summed E-state index contributed by atoms with van der Waals surface area (Å²) in [5.41, 5.74) is 2.48. The number of alkyl halides is 1. The van der Waals surface area contributed by atoms with Gasteiger partial charge in [0, 0.05) is 25.4 Å². The first kappa shape index (κ1) is 16.0. The largest absolute Gasteiger partial charge is 0.341 e. The standard InChI is InChI=1S/C16H24ClNO/c1-3-4-11-18(12-10-17)16(19)9-8-15-7-5-6-14(2)13-15/h5-7,13H,3-4,8-12H2,1-2H3. The molecule has 1 rings (SSSR count). The zero-order chi connectivity index (χ0) is 14.1. The highest BCUT2D eigenvalue weighted by atomic mass is 35.5. The Morgan fingerprint density at radius 2 is 2.11 bits per heavy atom. The topological polar surface area (TPSA) is 20.3 Å². The van der Waals surface area contributed by atoms with Crippen molar-refractivity contribution in [2.24, 2.45) is 0 Å². The molecule has 0 atom stereocenters. The summed E-state index contributed by atoms with van der Waals surface area (Å²) in [4.78, 5) is 14.1. The normalized spacial score (nSPS) is 10.5. The number of benzene rings is 1. The van der Waals surface area contributed by atoms with Gasteiger partial charge in [-0.1, -0.05) is 43.2 Å². The van der Waals surface area contributed by atoms with Crippen molar-refractivity contribution < 1.29 is 4.79 Å². The number of aryl methyl sites for hydroxylation is 2. The fourth-order valence-electron chi connectivity index (χ4n) is 2.09. The highest BCUT2D eigenvalue weighted by Gasteiger charge is 2.12. The summed E-state index contributed by atoms with van der Waals surface area (Å²) in [6, 6.07) is 8.35. The molecular weight excluding hydrogens is 258 g/mol. The van der Waals surface area contributed by atoms with Gasteiger partial charge in [-0.05, 0) is 25.3 Å². The van der Waals surface area contributed by atoms with Crippen LogP contribution in [-0.2, 0) is 11.2 Å². The van der Waals surface area contributed by atoms with Gasteiger partial charge < -0.3 is 4.90 Å². The Labute approximate surface area is 121 Å². The van der Waals surface area contributed by atoms with Crippen LogP contribution in [0.15, 0.2) is 24.3 Å². The third-order valence-corrected chi connectivity index (χ3v) is 3.37. The van der Waals surface area contributed by atoms with Crippen LogP contribution in [0.25, 0.3) is 0 Å². The summed E-state index contributed by atoms with van der Waals surface area (Å²) in [6.45, 7) is 5.70. The maximum absolute atomic E-state index is 12.2. The number of carbonyl (C=O) groups excluding carboxylic acids is 1. The van der Waals surface area contributed by atoms with E-state index in [1.807, 2.05) is 11.0 Å². The van der Waals surface area contributed by atoms with E-state index < -0.39 is 0 Å². The Bertz CT molecular complexity index is 392. The SMILES string of the molecule is CCCCN(CCCl)C(=O)CCc1cccc(C)c1. The molecule has 0 aromatic heterocycles. The molecule has 0 bridgehead atoms. The highest BCUT2D eigenvalue weighted by Crippen LogP contribution is 2.08. The molecule has 0 N–H and O–H groups in total. The van der Waals surface area contributed by atoms with Gasteiger partial charge in [-0.25, -0.2) is 0 Å². The first-order chi connectivity index (χ1) is 9.17. The minimum Gasteiger partial charge on any atom is -0.341 e. The van der Waals surface area contributed by atoms with Gasteiger partial charge in [0.2, 0.25) is 5.91 Å². The third-order valence-electron chi connectivity index (χ3n) is 3.20. The Hall–Kier alpha value is -1.02. The number of rotatable bonds is 8. The van der Waals surface area contributed by atoms with E-state index in [2.05, 4.69) is 32.0 Å².